The molecule has 114 valence electrons. The quantitative estimate of drug-likeness (QED) is 0.878. The molecule has 0 spiro atoms. The van der Waals surface area contributed by atoms with Gasteiger partial charge in [0.1, 0.15) is 6.10 Å². The zero-order valence-electron chi connectivity index (χ0n) is 11.4. The van der Waals surface area contributed by atoms with Crippen LogP contribution in [0.4, 0.5) is 8.78 Å². The van der Waals surface area contributed by atoms with Crippen LogP contribution in [-0.4, -0.2) is 42.0 Å². The van der Waals surface area contributed by atoms with Crippen molar-refractivity contribution in [3.05, 3.63) is 24.1 Å². The molecule has 8 heteroatoms. The summed E-state index contributed by atoms with van der Waals surface area (Å²) in [7, 11) is 3.00. The highest BCUT2D eigenvalue weighted by Crippen LogP contribution is 2.31. The van der Waals surface area contributed by atoms with E-state index in [1.807, 2.05) is 0 Å². The molecule has 0 aliphatic rings. The fraction of sp³-hybridized carbons (Fsp3) is 0.385. The van der Waals surface area contributed by atoms with Gasteiger partial charge in [-0.25, -0.2) is 8.78 Å². The zero-order valence-corrected chi connectivity index (χ0v) is 11.4. The molecule has 0 bridgehead atoms. The van der Waals surface area contributed by atoms with Crippen LogP contribution >= 0.6 is 0 Å². The van der Waals surface area contributed by atoms with E-state index in [1.165, 1.54) is 14.2 Å². The van der Waals surface area contributed by atoms with Gasteiger partial charge >= 0.3 is 0 Å². The smallest absolute Gasteiger partial charge is 0.264 e. The van der Waals surface area contributed by atoms with Crippen LogP contribution in [0.2, 0.25) is 0 Å². The third-order valence-electron chi connectivity index (χ3n) is 2.78. The van der Waals surface area contributed by atoms with Gasteiger partial charge in [0.15, 0.2) is 11.5 Å². The van der Waals surface area contributed by atoms with E-state index in [9.17, 15) is 8.78 Å². The molecule has 0 fully saturated rings. The molecule has 21 heavy (non-hydrogen) atoms. The normalized spacial score (nSPS) is 12.5. The van der Waals surface area contributed by atoms with Gasteiger partial charge < -0.3 is 19.1 Å². The first kappa shape index (κ1) is 15.2. The standard InChI is InChI=1S/C13H14F2N2O4/c1-19-9-4-3-7(5-10(9)20-2)13-16-11(21-17-13)6-8(18)12(14)15/h3-5,8,12,18H,6H2,1-2H3. The van der Waals surface area contributed by atoms with Crippen LogP contribution in [0.5, 0.6) is 11.5 Å². The Hall–Kier alpha value is -2.22. The van der Waals surface area contributed by atoms with E-state index in [2.05, 4.69) is 10.1 Å². The van der Waals surface area contributed by atoms with Crippen molar-refractivity contribution in [3.8, 4) is 22.9 Å². The second-order valence-corrected chi connectivity index (χ2v) is 4.19. The van der Waals surface area contributed by atoms with Crippen molar-refractivity contribution in [1.29, 1.82) is 0 Å². The Bertz CT molecular complexity index is 604. The highest BCUT2D eigenvalue weighted by molar-refractivity contribution is 5.60. The second-order valence-electron chi connectivity index (χ2n) is 4.19. The second kappa shape index (κ2) is 6.49. The fourth-order valence-corrected chi connectivity index (χ4v) is 1.70. The van der Waals surface area contributed by atoms with Gasteiger partial charge in [0, 0.05) is 5.56 Å². The molecule has 1 aromatic carbocycles. The maximum Gasteiger partial charge on any atom is 0.264 e. The van der Waals surface area contributed by atoms with Gasteiger partial charge in [-0.1, -0.05) is 5.16 Å². The highest BCUT2D eigenvalue weighted by Gasteiger charge is 2.21. The topological polar surface area (TPSA) is 77.6 Å². The van der Waals surface area contributed by atoms with E-state index >= 15 is 0 Å². The Balaban J connectivity index is 2.21. The van der Waals surface area contributed by atoms with E-state index in [-0.39, 0.29) is 11.7 Å². The summed E-state index contributed by atoms with van der Waals surface area (Å²) in [5, 5.41) is 12.8. The van der Waals surface area contributed by atoms with Crippen molar-refractivity contribution < 1.29 is 27.9 Å². The van der Waals surface area contributed by atoms with Gasteiger partial charge in [-0.2, -0.15) is 4.98 Å². The summed E-state index contributed by atoms with van der Waals surface area (Å²) in [5.41, 5.74) is 0.578. The number of aliphatic hydroxyl groups excluding tert-OH is 1. The summed E-state index contributed by atoms with van der Waals surface area (Å²) in [6.07, 6.45) is -5.09. The van der Waals surface area contributed by atoms with Crippen LogP contribution in [0.1, 0.15) is 5.89 Å². The van der Waals surface area contributed by atoms with E-state index < -0.39 is 19.0 Å². The number of hydrogen-bond acceptors (Lipinski definition) is 6. The lowest BCUT2D eigenvalue weighted by Crippen LogP contribution is -2.20. The SMILES string of the molecule is COc1ccc(-c2noc(CC(O)C(F)F)n2)cc1OC. The summed E-state index contributed by atoms with van der Waals surface area (Å²) >= 11 is 0. The van der Waals surface area contributed by atoms with Gasteiger partial charge in [-0.15, -0.1) is 0 Å². The number of methoxy groups -OCH3 is 2. The minimum absolute atomic E-state index is 0.0624. The molecule has 1 heterocycles. The Labute approximate surface area is 119 Å². The van der Waals surface area contributed by atoms with Crippen LogP contribution < -0.4 is 9.47 Å². The van der Waals surface area contributed by atoms with Crippen molar-refractivity contribution in [2.45, 2.75) is 19.0 Å². The Kier molecular flexibility index (Phi) is 4.69. The van der Waals surface area contributed by atoms with Gasteiger partial charge in [0.2, 0.25) is 11.7 Å². The molecule has 0 saturated heterocycles. The Morgan fingerprint density at radius 1 is 1.24 bits per heavy atom. The number of benzene rings is 1. The number of hydrogen-bond donors (Lipinski definition) is 1. The minimum Gasteiger partial charge on any atom is -0.493 e. The van der Waals surface area contributed by atoms with E-state index in [0.717, 1.165) is 0 Å². The predicted molar refractivity (Wildman–Crippen MR) is 68.6 cm³/mol. The summed E-state index contributed by atoms with van der Waals surface area (Å²) in [6, 6.07) is 4.98. The number of rotatable bonds is 6. The Morgan fingerprint density at radius 2 is 1.95 bits per heavy atom. The molecule has 1 aromatic heterocycles. The number of halogens is 2. The summed E-state index contributed by atoms with van der Waals surface area (Å²) in [6.45, 7) is 0. The number of aromatic nitrogens is 2. The molecule has 0 amide bonds. The zero-order chi connectivity index (χ0) is 15.4. The average molecular weight is 300 g/mol. The number of aliphatic hydroxyl groups is 1. The van der Waals surface area contributed by atoms with Crippen LogP contribution in [0.3, 0.4) is 0 Å². The molecular weight excluding hydrogens is 286 g/mol. The molecule has 1 unspecified atom stereocenters. The summed E-state index contributed by atoms with van der Waals surface area (Å²) < 4.78 is 39.6. The maximum absolute atomic E-state index is 12.3. The molecule has 2 rings (SSSR count). The molecule has 1 N–H and O–H groups in total. The first-order valence-corrected chi connectivity index (χ1v) is 6.06. The molecule has 0 radical (unpaired) electrons. The number of nitrogens with zero attached hydrogens (tertiary/aromatic N) is 2. The minimum atomic E-state index is -2.86. The molecule has 1 atom stereocenters. The molecule has 2 aromatic rings. The maximum atomic E-state index is 12.3. The van der Waals surface area contributed by atoms with Crippen LogP contribution in [-0.2, 0) is 6.42 Å². The van der Waals surface area contributed by atoms with Crippen molar-refractivity contribution >= 4 is 0 Å². The van der Waals surface area contributed by atoms with Crippen molar-refractivity contribution in [2.75, 3.05) is 14.2 Å². The molecule has 0 aliphatic heterocycles. The van der Waals surface area contributed by atoms with Crippen LogP contribution in [0.25, 0.3) is 11.4 Å². The third kappa shape index (κ3) is 3.46. The predicted octanol–water partition coefficient (Wildman–Crippen LogP) is 1.92. The van der Waals surface area contributed by atoms with Gasteiger partial charge in [0.05, 0.1) is 20.6 Å². The third-order valence-corrected chi connectivity index (χ3v) is 2.78. The van der Waals surface area contributed by atoms with Gasteiger partial charge in [-0.3, -0.25) is 0 Å². The van der Waals surface area contributed by atoms with Crippen LogP contribution in [0.15, 0.2) is 22.7 Å². The summed E-state index contributed by atoms with van der Waals surface area (Å²) in [5.74, 6) is 1.17. The highest BCUT2D eigenvalue weighted by atomic mass is 19.3. The van der Waals surface area contributed by atoms with Crippen LogP contribution in [0, 0.1) is 0 Å². The number of ether oxygens (including phenoxy) is 2. The fourth-order valence-electron chi connectivity index (χ4n) is 1.70. The van der Waals surface area contributed by atoms with E-state index in [0.29, 0.717) is 17.1 Å². The largest absolute Gasteiger partial charge is 0.493 e. The first-order chi connectivity index (χ1) is 10.0. The van der Waals surface area contributed by atoms with Gasteiger partial charge in [-0.05, 0) is 18.2 Å². The molecule has 0 aliphatic carbocycles. The summed E-state index contributed by atoms with van der Waals surface area (Å²) in [4.78, 5) is 3.97. The molecular formula is C13H14F2N2O4. The van der Waals surface area contributed by atoms with E-state index in [4.69, 9.17) is 19.1 Å². The van der Waals surface area contributed by atoms with Crippen molar-refractivity contribution in [3.63, 3.8) is 0 Å². The lowest BCUT2D eigenvalue weighted by molar-refractivity contribution is -0.00754. The van der Waals surface area contributed by atoms with Gasteiger partial charge in [0.25, 0.3) is 6.43 Å². The van der Waals surface area contributed by atoms with Crippen molar-refractivity contribution in [1.82, 2.24) is 10.1 Å². The molecule has 0 saturated carbocycles. The lowest BCUT2D eigenvalue weighted by atomic mass is 10.2. The van der Waals surface area contributed by atoms with Crippen molar-refractivity contribution in [2.24, 2.45) is 0 Å². The van der Waals surface area contributed by atoms with E-state index in [1.54, 1.807) is 18.2 Å². The average Bonchev–Trinajstić information content (AvgIpc) is 2.94. The lowest BCUT2D eigenvalue weighted by Gasteiger charge is -2.07. The molecule has 6 nitrogen and oxygen atoms in total. The first-order valence-electron chi connectivity index (χ1n) is 6.06. The monoisotopic (exact) mass is 300 g/mol. The Morgan fingerprint density at radius 3 is 2.57 bits per heavy atom. The number of alkyl halides is 2.